The number of benzene rings is 1. The monoisotopic (exact) mass is 438 g/mol. The third-order valence-electron chi connectivity index (χ3n) is 7.77. The van der Waals surface area contributed by atoms with Crippen LogP contribution in [-0.2, 0) is 4.79 Å². The molecule has 7 rings (SSSR count). The van der Waals surface area contributed by atoms with Gasteiger partial charge in [-0.1, -0.05) is 19.1 Å². The Morgan fingerprint density at radius 2 is 2.03 bits per heavy atom. The van der Waals surface area contributed by atoms with Gasteiger partial charge in [-0.15, -0.1) is 11.3 Å². The molecular weight excluding hydrogens is 411 g/mol. The number of carbonyl (C=O) groups excluding carboxylic acids is 1. The second-order valence-electron chi connectivity index (χ2n) is 9.96. The summed E-state index contributed by atoms with van der Waals surface area (Å²) in [6.45, 7) is 2.11. The first-order valence-electron chi connectivity index (χ1n) is 11.3. The number of nitrogens with zero attached hydrogens (tertiary/aromatic N) is 1. The highest BCUT2D eigenvalue weighted by molar-refractivity contribution is 7.14. The van der Waals surface area contributed by atoms with Crippen LogP contribution in [-0.4, -0.2) is 38.6 Å². The van der Waals surface area contributed by atoms with Gasteiger partial charge in [0.1, 0.15) is 0 Å². The molecular formula is C25H27FN2O2S. The third-order valence-corrected chi connectivity index (χ3v) is 8.68. The summed E-state index contributed by atoms with van der Waals surface area (Å²) in [6, 6.07) is 9.77. The number of thiophene rings is 1. The number of carbonyl (C=O) groups is 1. The van der Waals surface area contributed by atoms with Crippen LogP contribution >= 0.6 is 11.3 Å². The highest BCUT2D eigenvalue weighted by Crippen LogP contribution is 2.51. The molecule has 3 aromatic rings. The van der Waals surface area contributed by atoms with E-state index >= 15 is 0 Å². The average molecular weight is 439 g/mol. The third kappa shape index (κ3) is 3.14. The molecule has 4 nitrogen and oxygen atoms in total. The fourth-order valence-corrected chi connectivity index (χ4v) is 7.50. The fraction of sp³-hybridized carbons (Fsp3) is 0.480. The molecule has 2 saturated heterocycles. The summed E-state index contributed by atoms with van der Waals surface area (Å²) in [4.78, 5) is 19.8. The first-order valence-corrected chi connectivity index (χ1v) is 12.1. The molecule has 4 aliphatic rings. The molecule has 2 N–H and O–H groups in total. The number of hydrogen-bond acceptors (Lipinski definition) is 3. The van der Waals surface area contributed by atoms with Gasteiger partial charge < -0.3 is 15.0 Å². The van der Waals surface area contributed by atoms with Crippen LogP contribution in [0.4, 0.5) is 4.39 Å². The van der Waals surface area contributed by atoms with Crippen molar-refractivity contribution in [1.82, 2.24) is 9.88 Å². The molecule has 2 aliphatic carbocycles. The fourth-order valence-electron chi connectivity index (χ4n) is 6.73. The summed E-state index contributed by atoms with van der Waals surface area (Å²) in [5.74, 6) is 0.831. The Morgan fingerprint density at radius 1 is 1.26 bits per heavy atom. The van der Waals surface area contributed by atoms with Gasteiger partial charge in [0.2, 0.25) is 5.91 Å². The van der Waals surface area contributed by atoms with Crippen molar-refractivity contribution in [3.8, 4) is 10.4 Å². The lowest BCUT2D eigenvalue weighted by atomic mass is 9.61. The highest BCUT2D eigenvalue weighted by atomic mass is 32.1. The van der Waals surface area contributed by atoms with Gasteiger partial charge in [0.05, 0.1) is 5.60 Å². The van der Waals surface area contributed by atoms with E-state index in [1.54, 1.807) is 0 Å². The Balaban J connectivity index is 1.28. The number of hydrogen-bond donors (Lipinski definition) is 2. The van der Waals surface area contributed by atoms with Gasteiger partial charge >= 0.3 is 0 Å². The van der Waals surface area contributed by atoms with E-state index in [-0.39, 0.29) is 29.0 Å². The minimum absolute atomic E-state index is 0.0486. The maximum absolute atomic E-state index is 13.7. The standard InChI is InChI=1S/C25H27FN2O2S/c1-14(7-23(29)28-16-8-15-9-17(28)12-25(30,10-15)11-16)19-13-27-20-4-2-3-18(24(19)20)21-5-6-22(26)31-21/h2-6,13-17,27,30H,7-12H2,1H3. The summed E-state index contributed by atoms with van der Waals surface area (Å²) >= 11 is 1.15. The topological polar surface area (TPSA) is 56.3 Å². The molecule has 1 amide bonds. The van der Waals surface area contributed by atoms with Crippen molar-refractivity contribution in [2.24, 2.45) is 5.92 Å². The van der Waals surface area contributed by atoms with Crippen LogP contribution in [0.2, 0.25) is 0 Å². The van der Waals surface area contributed by atoms with Gasteiger partial charge in [0, 0.05) is 46.0 Å². The molecule has 6 heteroatoms. The van der Waals surface area contributed by atoms with Crippen LogP contribution in [0.3, 0.4) is 0 Å². The second kappa shape index (κ2) is 6.91. The SMILES string of the molecule is CC(CC(=O)N1C2CC3CC1CC(O)(C3)C2)c1c[nH]c2cccc(-c3ccc(F)s3)c12. The zero-order valence-corrected chi connectivity index (χ0v) is 18.4. The maximum Gasteiger partial charge on any atom is 0.223 e. The Labute approximate surface area is 185 Å². The summed E-state index contributed by atoms with van der Waals surface area (Å²) in [7, 11) is 0. The number of nitrogens with one attached hydrogen (secondary N) is 1. The van der Waals surface area contributed by atoms with E-state index in [0.29, 0.717) is 12.3 Å². The molecule has 1 aromatic carbocycles. The van der Waals surface area contributed by atoms with E-state index < -0.39 is 5.60 Å². The van der Waals surface area contributed by atoms with Crippen molar-refractivity contribution in [1.29, 1.82) is 0 Å². The van der Waals surface area contributed by atoms with Crippen molar-refractivity contribution in [3.63, 3.8) is 0 Å². The van der Waals surface area contributed by atoms with E-state index in [9.17, 15) is 14.3 Å². The van der Waals surface area contributed by atoms with Crippen molar-refractivity contribution in [3.05, 3.63) is 47.2 Å². The Bertz CT molecular complexity index is 1150. The molecule has 162 valence electrons. The normalized spacial score (nSPS) is 30.3. The van der Waals surface area contributed by atoms with Gasteiger partial charge in [-0.05, 0) is 67.7 Å². The van der Waals surface area contributed by atoms with Crippen LogP contribution < -0.4 is 0 Å². The molecule has 4 heterocycles. The Kier molecular flexibility index (Phi) is 4.35. The van der Waals surface area contributed by atoms with Crippen molar-refractivity contribution in [2.75, 3.05) is 0 Å². The van der Waals surface area contributed by atoms with Crippen LogP contribution in [0, 0.1) is 11.0 Å². The minimum Gasteiger partial charge on any atom is -0.390 e. The van der Waals surface area contributed by atoms with Crippen LogP contribution in [0.15, 0.2) is 36.5 Å². The molecule has 2 aromatic heterocycles. The first-order chi connectivity index (χ1) is 14.9. The van der Waals surface area contributed by atoms with Gasteiger partial charge in [-0.25, -0.2) is 0 Å². The maximum atomic E-state index is 13.7. The number of rotatable bonds is 4. The van der Waals surface area contributed by atoms with Crippen LogP contribution in [0.25, 0.3) is 21.3 Å². The second-order valence-corrected chi connectivity index (χ2v) is 11.0. The Morgan fingerprint density at radius 3 is 2.71 bits per heavy atom. The largest absolute Gasteiger partial charge is 0.390 e. The number of fused-ring (bicyclic) bond motifs is 1. The summed E-state index contributed by atoms with van der Waals surface area (Å²) in [5, 5.41) is 11.7. The number of aliphatic hydroxyl groups is 1. The minimum atomic E-state index is -0.541. The lowest BCUT2D eigenvalue weighted by Gasteiger charge is -2.59. The van der Waals surface area contributed by atoms with Gasteiger partial charge in [-0.2, -0.15) is 4.39 Å². The number of amides is 1. The molecule has 3 atom stereocenters. The average Bonchev–Trinajstić information content (AvgIpc) is 3.32. The lowest BCUT2D eigenvalue weighted by Crippen LogP contribution is -2.65. The molecule has 3 unspecified atom stereocenters. The molecule has 4 bridgehead atoms. The molecule has 0 spiro atoms. The number of aromatic nitrogens is 1. The van der Waals surface area contributed by atoms with Gasteiger partial charge in [0.15, 0.2) is 5.13 Å². The predicted octanol–water partition coefficient (Wildman–Crippen LogP) is 5.43. The van der Waals surface area contributed by atoms with E-state index in [2.05, 4.69) is 16.8 Å². The zero-order chi connectivity index (χ0) is 21.3. The molecule has 2 saturated carbocycles. The lowest BCUT2D eigenvalue weighted by molar-refractivity contribution is -0.174. The quantitative estimate of drug-likeness (QED) is 0.570. The number of aromatic amines is 1. The summed E-state index contributed by atoms with van der Waals surface area (Å²) in [5.41, 5.74) is 2.59. The van der Waals surface area contributed by atoms with Crippen molar-refractivity contribution >= 4 is 28.1 Å². The smallest absolute Gasteiger partial charge is 0.223 e. The number of halogens is 1. The predicted molar refractivity (Wildman–Crippen MR) is 121 cm³/mol. The summed E-state index contributed by atoms with van der Waals surface area (Å²) in [6.07, 6.45) is 6.93. The van der Waals surface area contributed by atoms with Gasteiger partial charge in [0.25, 0.3) is 0 Å². The molecule has 31 heavy (non-hydrogen) atoms. The molecule has 2 aliphatic heterocycles. The molecule has 4 fully saturated rings. The van der Waals surface area contributed by atoms with E-state index in [0.717, 1.165) is 70.3 Å². The van der Waals surface area contributed by atoms with E-state index in [1.165, 1.54) is 6.07 Å². The zero-order valence-electron chi connectivity index (χ0n) is 17.6. The molecule has 0 radical (unpaired) electrons. The van der Waals surface area contributed by atoms with E-state index in [4.69, 9.17) is 0 Å². The number of piperidine rings is 2. The highest BCUT2D eigenvalue weighted by Gasteiger charge is 2.54. The van der Waals surface area contributed by atoms with E-state index in [1.807, 2.05) is 30.5 Å². The van der Waals surface area contributed by atoms with Crippen molar-refractivity contribution < 1.29 is 14.3 Å². The summed E-state index contributed by atoms with van der Waals surface area (Å²) < 4.78 is 13.7. The van der Waals surface area contributed by atoms with Gasteiger partial charge in [-0.3, -0.25) is 4.79 Å². The number of H-pyrrole nitrogens is 1. The first kappa shape index (κ1) is 19.5. The Hall–Kier alpha value is -2.18. The van der Waals surface area contributed by atoms with Crippen LogP contribution in [0.5, 0.6) is 0 Å². The van der Waals surface area contributed by atoms with Crippen LogP contribution in [0.1, 0.15) is 56.9 Å². The van der Waals surface area contributed by atoms with Crippen molar-refractivity contribution in [2.45, 2.75) is 69.1 Å².